The van der Waals surface area contributed by atoms with Gasteiger partial charge in [0.15, 0.2) is 5.82 Å². The van der Waals surface area contributed by atoms with E-state index in [4.69, 9.17) is 19.9 Å². The third-order valence-corrected chi connectivity index (χ3v) is 12.1. The number of hydrogen-bond donors (Lipinski definition) is 0. The van der Waals surface area contributed by atoms with E-state index in [2.05, 4.69) is 182 Å². The average molecular weight is 789 g/mol. The molecule has 12 rings (SSSR count). The van der Waals surface area contributed by atoms with E-state index in [1.54, 1.807) is 0 Å². The number of para-hydroxylation sites is 2. The van der Waals surface area contributed by atoms with Crippen LogP contribution in [0, 0.1) is 0 Å². The van der Waals surface area contributed by atoms with Crippen LogP contribution in [0.15, 0.2) is 219 Å². The first-order valence-corrected chi connectivity index (χ1v) is 20.9. The maximum Gasteiger partial charge on any atom is 0.160 e. The summed E-state index contributed by atoms with van der Waals surface area (Å²) in [5, 5.41) is 9.33. The predicted octanol–water partition coefficient (Wildman–Crippen LogP) is 15.0. The molecule has 0 unspecified atom stereocenters. The van der Waals surface area contributed by atoms with Gasteiger partial charge in [0.2, 0.25) is 0 Å². The minimum Gasteiger partial charge on any atom is -0.256 e. The summed E-state index contributed by atoms with van der Waals surface area (Å²) in [6.07, 6.45) is 3.90. The lowest BCUT2D eigenvalue weighted by molar-refractivity contribution is 1.19. The highest BCUT2D eigenvalue weighted by molar-refractivity contribution is 6.23. The van der Waals surface area contributed by atoms with E-state index in [0.717, 1.165) is 82.9 Å². The van der Waals surface area contributed by atoms with E-state index in [9.17, 15) is 0 Å². The fourth-order valence-corrected chi connectivity index (χ4v) is 9.09. The smallest absolute Gasteiger partial charge is 0.160 e. The van der Waals surface area contributed by atoms with Crippen molar-refractivity contribution in [2.45, 2.75) is 0 Å². The molecule has 9 aromatic carbocycles. The number of pyridine rings is 2. The lowest BCUT2D eigenvalue weighted by atomic mass is 9.85. The highest BCUT2D eigenvalue weighted by atomic mass is 14.9. The molecule has 0 fully saturated rings. The van der Waals surface area contributed by atoms with Gasteiger partial charge in [0.25, 0.3) is 0 Å². The summed E-state index contributed by atoms with van der Waals surface area (Å²) in [7, 11) is 0. The second-order valence-corrected chi connectivity index (χ2v) is 15.8. The number of fused-ring (bicyclic) bond motifs is 5. The van der Waals surface area contributed by atoms with Gasteiger partial charge in [0, 0.05) is 51.0 Å². The molecule has 288 valence electrons. The molecule has 0 bridgehead atoms. The van der Waals surface area contributed by atoms with E-state index < -0.39 is 0 Å². The van der Waals surface area contributed by atoms with Crippen LogP contribution in [0.2, 0.25) is 0 Å². The Labute approximate surface area is 358 Å². The molecule has 62 heavy (non-hydrogen) atoms. The largest absolute Gasteiger partial charge is 0.256 e. The highest BCUT2D eigenvalue weighted by Crippen LogP contribution is 2.45. The van der Waals surface area contributed by atoms with Gasteiger partial charge < -0.3 is 0 Å². The maximum absolute atomic E-state index is 5.46. The molecule has 3 heterocycles. The van der Waals surface area contributed by atoms with Crippen LogP contribution in [0.5, 0.6) is 0 Å². The molecule has 0 spiro atoms. The van der Waals surface area contributed by atoms with Crippen molar-refractivity contribution in [1.29, 1.82) is 0 Å². The summed E-state index contributed by atoms with van der Waals surface area (Å²) in [4.78, 5) is 20.2. The van der Waals surface area contributed by atoms with E-state index in [1.165, 1.54) is 32.7 Å². The van der Waals surface area contributed by atoms with Gasteiger partial charge in [-0.2, -0.15) is 0 Å². The van der Waals surface area contributed by atoms with Crippen molar-refractivity contribution in [3.8, 4) is 67.3 Å². The van der Waals surface area contributed by atoms with E-state index in [0.29, 0.717) is 5.82 Å². The van der Waals surface area contributed by atoms with E-state index >= 15 is 0 Å². The molecular formula is C58H36N4. The fraction of sp³-hybridized carbons (Fsp3) is 0. The number of hydrogen-bond acceptors (Lipinski definition) is 4. The molecule has 4 nitrogen and oxygen atoms in total. The van der Waals surface area contributed by atoms with Crippen molar-refractivity contribution in [2.75, 3.05) is 0 Å². The molecule has 0 saturated heterocycles. The Hall–Kier alpha value is -8.34. The molecule has 0 saturated carbocycles. The summed E-state index contributed by atoms with van der Waals surface area (Å²) in [5.74, 6) is 0.662. The van der Waals surface area contributed by atoms with Crippen molar-refractivity contribution in [1.82, 2.24) is 19.9 Å². The summed E-state index contributed by atoms with van der Waals surface area (Å²) in [6, 6.07) is 73.1. The number of benzene rings is 9. The van der Waals surface area contributed by atoms with Gasteiger partial charge in [-0.05, 0) is 84.9 Å². The highest BCUT2D eigenvalue weighted by Gasteiger charge is 2.20. The van der Waals surface area contributed by atoms with E-state index in [-0.39, 0.29) is 0 Å². The SMILES string of the molecule is c1ccc2ncc(-c3ccc(-c4cc(-c5c6ccccc6c(-c6cccc7ccccc67)c6ccccc56)nc(-c5ccc(-c6cnc7ccccc7c6)cc5)n4)cc3)cc2c1. The molecule has 0 aliphatic carbocycles. The molecular weight excluding hydrogens is 753 g/mol. The van der Waals surface area contributed by atoms with Gasteiger partial charge in [-0.1, -0.05) is 176 Å². The zero-order valence-corrected chi connectivity index (χ0v) is 33.6. The topological polar surface area (TPSA) is 51.6 Å². The molecule has 0 atom stereocenters. The van der Waals surface area contributed by atoms with Crippen LogP contribution in [-0.2, 0) is 0 Å². The first-order valence-electron chi connectivity index (χ1n) is 20.9. The van der Waals surface area contributed by atoms with Crippen molar-refractivity contribution < 1.29 is 0 Å². The van der Waals surface area contributed by atoms with Crippen LogP contribution in [0.25, 0.3) is 121 Å². The van der Waals surface area contributed by atoms with Gasteiger partial charge in [0.1, 0.15) is 0 Å². The van der Waals surface area contributed by atoms with Crippen molar-refractivity contribution in [2.24, 2.45) is 0 Å². The molecule has 0 radical (unpaired) electrons. The quantitative estimate of drug-likeness (QED) is 0.158. The predicted molar refractivity (Wildman–Crippen MR) is 258 cm³/mol. The van der Waals surface area contributed by atoms with Crippen LogP contribution >= 0.6 is 0 Å². The fourth-order valence-electron chi connectivity index (χ4n) is 9.09. The number of aromatic nitrogens is 4. The Bertz CT molecular complexity index is 3480. The van der Waals surface area contributed by atoms with Crippen molar-refractivity contribution >= 4 is 54.1 Å². The Kier molecular flexibility index (Phi) is 8.46. The Balaban J connectivity index is 1.05. The van der Waals surface area contributed by atoms with Crippen LogP contribution < -0.4 is 0 Å². The second kappa shape index (κ2) is 14.7. The minimum absolute atomic E-state index is 0.662. The number of rotatable bonds is 6. The van der Waals surface area contributed by atoms with E-state index in [1.807, 2.05) is 36.7 Å². The molecule has 4 heteroatoms. The van der Waals surface area contributed by atoms with Gasteiger partial charge in [-0.3, -0.25) is 9.97 Å². The lowest BCUT2D eigenvalue weighted by Gasteiger charge is -2.19. The molecule has 3 aromatic heterocycles. The van der Waals surface area contributed by atoms with Crippen LogP contribution in [0.3, 0.4) is 0 Å². The van der Waals surface area contributed by atoms with Crippen LogP contribution in [0.4, 0.5) is 0 Å². The molecule has 0 N–H and O–H groups in total. The van der Waals surface area contributed by atoms with Crippen molar-refractivity contribution in [3.63, 3.8) is 0 Å². The number of nitrogens with zero attached hydrogens (tertiary/aromatic N) is 4. The molecule has 0 aliphatic rings. The first-order chi connectivity index (χ1) is 30.7. The van der Waals surface area contributed by atoms with Gasteiger partial charge in [0.05, 0.1) is 22.4 Å². The summed E-state index contributed by atoms with van der Waals surface area (Å²) in [5.41, 5.74) is 13.5. The normalized spacial score (nSPS) is 11.5. The van der Waals surface area contributed by atoms with Gasteiger partial charge in [-0.15, -0.1) is 0 Å². The second-order valence-electron chi connectivity index (χ2n) is 15.8. The monoisotopic (exact) mass is 788 g/mol. The maximum atomic E-state index is 5.46. The van der Waals surface area contributed by atoms with Gasteiger partial charge in [-0.25, -0.2) is 9.97 Å². The Morgan fingerprint density at radius 1 is 0.274 bits per heavy atom. The summed E-state index contributed by atoms with van der Waals surface area (Å²) in [6.45, 7) is 0. The van der Waals surface area contributed by atoms with Crippen LogP contribution in [0.1, 0.15) is 0 Å². The zero-order valence-electron chi connectivity index (χ0n) is 33.6. The zero-order chi connectivity index (χ0) is 41.0. The summed E-state index contributed by atoms with van der Waals surface area (Å²) < 4.78 is 0. The standard InChI is InChI=1S/C58H36N4/c1-4-16-46-39(12-1)15-11-21-47(46)56-48-17-5-7-19-50(48)57(51-20-8-6-18-49(51)56)55-34-54(40-28-24-37(25-29-40)44-32-42-13-2-9-22-52(42)59-35-44)61-58(62-55)41-30-26-38(27-31-41)45-33-43-14-3-10-23-53(43)60-36-45/h1-36H. The summed E-state index contributed by atoms with van der Waals surface area (Å²) >= 11 is 0. The third kappa shape index (κ3) is 6.16. The molecule has 12 aromatic rings. The Morgan fingerprint density at radius 2 is 0.710 bits per heavy atom. The van der Waals surface area contributed by atoms with Crippen LogP contribution in [-0.4, -0.2) is 19.9 Å². The van der Waals surface area contributed by atoms with Crippen molar-refractivity contribution in [3.05, 3.63) is 219 Å². The minimum atomic E-state index is 0.662. The third-order valence-electron chi connectivity index (χ3n) is 12.1. The molecule has 0 amide bonds. The average Bonchev–Trinajstić information content (AvgIpc) is 3.35. The molecule has 0 aliphatic heterocycles. The first kappa shape index (κ1) is 35.6. The lowest BCUT2D eigenvalue weighted by Crippen LogP contribution is -1.98. The van der Waals surface area contributed by atoms with Gasteiger partial charge >= 0.3 is 0 Å². The Morgan fingerprint density at radius 3 is 1.29 bits per heavy atom.